The number of carboxylic acids is 1. The Morgan fingerprint density at radius 3 is 2.89 bits per heavy atom. The number of hydrogen-bond acceptors (Lipinski definition) is 4. The van der Waals surface area contributed by atoms with Gasteiger partial charge in [0.25, 0.3) is 0 Å². The molecule has 0 spiro atoms. The number of nitrogens with one attached hydrogen (secondary N) is 1. The number of fused-ring (bicyclic) bond motifs is 1. The quantitative estimate of drug-likeness (QED) is 0.756. The highest BCUT2D eigenvalue weighted by Gasteiger charge is 2.25. The molecule has 0 saturated carbocycles. The minimum absolute atomic E-state index is 0.383. The highest BCUT2D eigenvalue weighted by atomic mass is 16.4. The van der Waals surface area contributed by atoms with Gasteiger partial charge in [0, 0.05) is 6.04 Å². The average molecular weight is 250 g/mol. The second kappa shape index (κ2) is 4.66. The van der Waals surface area contributed by atoms with Crippen molar-refractivity contribution in [2.45, 2.75) is 19.4 Å². The van der Waals surface area contributed by atoms with Crippen LogP contribution in [-0.4, -0.2) is 16.1 Å². The van der Waals surface area contributed by atoms with E-state index in [9.17, 15) is 9.59 Å². The van der Waals surface area contributed by atoms with E-state index < -0.39 is 23.7 Å². The number of aromatic amines is 1. The van der Waals surface area contributed by atoms with Gasteiger partial charge in [-0.15, -0.1) is 0 Å². The minimum Gasteiger partial charge on any atom is -0.481 e. The lowest BCUT2D eigenvalue weighted by Gasteiger charge is -2.18. The Balaban J connectivity index is 2.40. The molecule has 0 aliphatic heterocycles. The van der Waals surface area contributed by atoms with Gasteiger partial charge in [-0.3, -0.25) is 9.78 Å². The van der Waals surface area contributed by atoms with Gasteiger partial charge in [0.2, 0.25) is 0 Å². The lowest BCUT2D eigenvalue weighted by Crippen LogP contribution is -2.27. The first kappa shape index (κ1) is 12.4. The van der Waals surface area contributed by atoms with Gasteiger partial charge >= 0.3 is 11.7 Å². The predicted octanol–water partition coefficient (Wildman–Crippen LogP) is 1.23. The molecule has 1 heterocycles. The molecule has 0 aliphatic carbocycles. The monoisotopic (exact) mass is 250 g/mol. The lowest BCUT2D eigenvalue weighted by molar-refractivity contribution is -0.142. The first-order chi connectivity index (χ1) is 8.52. The van der Waals surface area contributed by atoms with Crippen LogP contribution >= 0.6 is 0 Å². The maximum absolute atomic E-state index is 11.1. The topological polar surface area (TPSA) is 109 Å². The molecule has 2 unspecified atom stereocenters. The van der Waals surface area contributed by atoms with Crippen LogP contribution in [0.3, 0.4) is 0 Å². The fraction of sp³-hybridized carbons (Fsp3) is 0.333. The van der Waals surface area contributed by atoms with Crippen LogP contribution in [0.4, 0.5) is 0 Å². The molecule has 0 aliphatic rings. The van der Waals surface area contributed by atoms with E-state index in [1.54, 1.807) is 25.1 Å². The molecule has 6 nitrogen and oxygen atoms in total. The number of carbonyl (C=O) groups is 1. The third-order valence-electron chi connectivity index (χ3n) is 3.02. The van der Waals surface area contributed by atoms with Crippen LogP contribution in [-0.2, 0) is 4.79 Å². The van der Waals surface area contributed by atoms with Crippen LogP contribution in [0.25, 0.3) is 11.1 Å². The van der Waals surface area contributed by atoms with Crippen molar-refractivity contribution >= 4 is 17.1 Å². The van der Waals surface area contributed by atoms with Gasteiger partial charge < -0.3 is 15.3 Å². The third-order valence-corrected chi connectivity index (χ3v) is 3.02. The Morgan fingerprint density at radius 2 is 2.28 bits per heavy atom. The molecule has 2 atom stereocenters. The van der Waals surface area contributed by atoms with E-state index in [1.165, 1.54) is 0 Å². The summed E-state index contributed by atoms with van der Waals surface area (Å²) >= 11 is 0. The van der Waals surface area contributed by atoms with Crippen LogP contribution in [0.5, 0.6) is 0 Å². The number of nitrogens with two attached hydrogens (primary N) is 1. The zero-order chi connectivity index (χ0) is 13.3. The molecule has 18 heavy (non-hydrogen) atoms. The van der Waals surface area contributed by atoms with E-state index in [0.717, 1.165) is 0 Å². The number of benzene rings is 1. The summed E-state index contributed by atoms with van der Waals surface area (Å²) in [5, 5.41) is 9.06. The van der Waals surface area contributed by atoms with E-state index >= 15 is 0 Å². The molecule has 0 amide bonds. The Morgan fingerprint density at radius 1 is 1.56 bits per heavy atom. The van der Waals surface area contributed by atoms with Gasteiger partial charge in [0.1, 0.15) is 0 Å². The normalized spacial score (nSPS) is 14.6. The summed E-state index contributed by atoms with van der Waals surface area (Å²) in [5.41, 5.74) is 7.53. The first-order valence-electron chi connectivity index (χ1n) is 5.64. The Labute approximate surface area is 102 Å². The summed E-state index contributed by atoms with van der Waals surface area (Å²) in [6, 6.07) is 4.33. The summed E-state index contributed by atoms with van der Waals surface area (Å²) in [4.78, 5) is 24.6. The van der Waals surface area contributed by atoms with E-state index in [0.29, 0.717) is 23.1 Å². The van der Waals surface area contributed by atoms with E-state index in [1.807, 2.05) is 0 Å². The number of oxazole rings is 1. The molecule has 4 N–H and O–H groups in total. The van der Waals surface area contributed by atoms with Crippen LogP contribution < -0.4 is 11.5 Å². The Hall–Kier alpha value is -2.08. The van der Waals surface area contributed by atoms with E-state index in [-0.39, 0.29) is 0 Å². The highest BCUT2D eigenvalue weighted by molar-refractivity contribution is 5.74. The number of H-pyrrole nitrogens is 1. The fourth-order valence-electron chi connectivity index (χ4n) is 1.98. The van der Waals surface area contributed by atoms with Crippen molar-refractivity contribution in [1.29, 1.82) is 0 Å². The van der Waals surface area contributed by atoms with Crippen molar-refractivity contribution in [2.75, 3.05) is 0 Å². The Kier molecular flexibility index (Phi) is 3.20. The zero-order valence-electron chi connectivity index (χ0n) is 9.84. The molecule has 1 aromatic carbocycles. The van der Waals surface area contributed by atoms with Crippen molar-refractivity contribution in [2.24, 2.45) is 11.7 Å². The fourth-order valence-corrected chi connectivity index (χ4v) is 1.98. The van der Waals surface area contributed by atoms with Gasteiger partial charge in [0.15, 0.2) is 5.58 Å². The maximum Gasteiger partial charge on any atom is 0.417 e. The average Bonchev–Trinajstić information content (AvgIpc) is 2.68. The van der Waals surface area contributed by atoms with Gasteiger partial charge in [-0.05, 0) is 24.1 Å². The Bertz CT molecular complexity index is 628. The summed E-state index contributed by atoms with van der Waals surface area (Å²) in [6.45, 7) is 1.77. The molecule has 6 heteroatoms. The lowest BCUT2D eigenvalue weighted by atomic mass is 9.91. The smallest absolute Gasteiger partial charge is 0.417 e. The van der Waals surface area contributed by atoms with Crippen LogP contribution in [0.2, 0.25) is 0 Å². The van der Waals surface area contributed by atoms with Gasteiger partial charge in [-0.2, -0.15) is 0 Å². The summed E-state index contributed by atoms with van der Waals surface area (Å²) in [7, 11) is 0. The first-order valence-corrected chi connectivity index (χ1v) is 5.64. The van der Waals surface area contributed by atoms with Crippen LogP contribution in [0, 0.1) is 5.92 Å². The second-order valence-electron chi connectivity index (χ2n) is 4.15. The largest absolute Gasteiger partial charge is 0.481 e. The summed E-state index contributed by atoms with van der Waals surface area (Å²) in [6.07, 6.45) is 0.436. The summed E-state index contributed by atoms with van der Waals surface area (Å²) in [5.74, 6) is -2.13. The third kappa shape index (κ3) is 2.14. The van der Waals surface area contributed by atoms with Crippen molar-refractivity contribution in [3.05, 3.63) is 34.3 Å². The predicted molar refractivity (Wildman–Crippen MR) is 65.2 cm³/mol. The number of aliphatic carboxylic acids is 1. The van der Waals surface area contributed by atoms with Crippen LogP contribution in [0.1, 0.15) is 24.9 Å². The minimum atomic E-state index is -0.930. The number of rotatable bonds is 4. The van der Waals surface area contributed by atoms with Crippen LogP contribution in [0.15, 0.2) is 27.4 Å². The molecule has 1 aromatic heterocycles. The molecule has 96 valence electrons. The van der Waals surface area contributed by atoms with Crippen molar-refractivity contribution in [3.63, 3.8) is 0 Å². The van der Waals surface area contributed by atoms with Crippen molar-refractivity contribution in [1.82, 2.24) is 4.98 Å². The zero-order valence-corrected chi connectivity index (χ0v) is 9.84. The SMILES string of the molecule is CCC(C(=O)O)C(N)c1ccc2[nH]c(=O)oc2c1. The summed E-state index contributed by atoms with van der Waals surface area (Å²) < 4.78 is 4.92. The van der Waals surface area contributed by atoms with Gasteiger partial charge in [-0.1, -0.05) is 13.0 Å². The molecule has 0 saturated heterocycles. The highest BCUT2D eigenvalue weighted by Crippen LogP contribution is 2.25. The second-order valence-corrected chi connectivity index (χ2v) is 4.15. The molecular weight excluding hydrogens is 236 g/mol. The van der Waals surface area contributed by atoms with Crippen molar-refractivity contribution < 1.29 is 14.3 Å². The molecular formula is C12H14N2O4. The maximum atomic E-state index is 11.1. The van der Waals surface area contributed by atoms with Gasteiger partial charge in [-0.25, -0.2) is 4.79 Å². The van der Waals surface area contributed by atoms with E-state index in [4.69, 9.17) is 15.3 Å². The molecule has 2 aromatic rings. The number of carboxylic acid groups (broad SMARTS) is 1. The number of hydrogen-bond donors (Lipinski definition) is 3. The molecule has 2 rings (SSSR count). The van der Waals surface area contributed by atoms with Crippen molar-refractivity contribution in [3.8, 4) is 0 Å². The standard InChI is InChI=1S/C12H14N2O4/c1-2-7(11(15)16)10(13)6-3-4-8-9(5-6)18-12(17)14-8/h3-5,7,10H,2,13H2,1H3,(H,14,17)(H,15,16). The molecule has 0 radical (unpaired) electrons. The molecule has 0 bridgehead atoms. The van der Waals surface area contributed by atoms with Gasteiger partial charge in [0.05, 0.1) is 11.4 Å². The number of aromatic nitrogens is 1. The van der Waals surface area contributed by atoms with E-state index in [2.05, 4.69) is 4.98 Å². The molecule has 0 fully saturated rings.